The van der Waals surface area contributed by atoms with Crippen LogP contribution in [0.3, 0.4) is 0 Å². The van der Waals surface area contributed by atoms with Crippen LogP contribution in [0.15, 0.2) is 30.4 Å². The third kappa shape index (κ3) is 3.96. The van der Waals surface area contributed by atoms with Crippen LogP contribution in [-0.2, 0) is 0 Å². The van der Waals surface area contributed by atoms with E-state index < -0.39 is 0 Å². The molecule has 1 aliphatic heterocycles. The third-order valence-electron chi connectivity index (χ3n) is 3.45. The van der Waals surface area contributed by atoms with Crippen molar-refractivity contribution in [3.05, 3.63) is 46.0 Å². The average molecular weight is 299 g/mol. The molecule has 1 aromatic carbocycles. The number of hydrogen-bond donors (Lipinski definition) is 1. The van der Waals surface area contributed by atoms with E-state index in [1.807, 2.05) is 18.2 Å². The molecule has 1 fully saturated rings. The summed E-state index contributed by atoms with van der Waals surface area (Å²) in [7, 11) is 0. The summed E-state index contributed by atoms with van der Waals surface area (Å²) in [5.41, 5.74) is 2.28. The van der Waals surface area contributed by atoms with Crippen molar-refractivity contribution in [2.45, 2.75) is 19.4 Å². The Kier molecular flexibility index (Phi) is 5.28. The predicted octanol–water partition coefficient (Wildman–Crippen LogP) is 3.91. The van der Waals surface area contributed by atoms with Crippen molar-refractivity contribution in [3.63, 3.8) is 0 Å². The van der Waals surface area contributed by atoms with Crippen molar-refractivity contribution < 1.29 is 0 Å². The van der Waals surface area contributed by atoms with Gasteiger partial charge >= 0.3 is 0 Å². The first-order valence-corrected chi connectivity index (χ1v) is 7.37. The Labute approximate surface area is 125 Å². The molecular weight excluding hydrogens is 279 g/mol. The molecule has 0 amide bonds. The van der Waals surface area contributed by atoms with E-state index in [1.165, 1.54) is 5.57 Å². The van der Waals surface area contributed by atoms with Crippen molar-refractivity contribution in [3.8, 4) is 0 Å². The smallest absolute Gasteiger partial charge is 0.0455 e. The monoisotopic (exact) mass is 298 g/mol. The van der Waals surface area contributed by atoms with E-state index in [1.54, 1.807) is 0 Å². The van der Waals surface area contributed by atoms with E-state index in [0.717, 1.165) is 48.2 Å². The van der Waals surface area contributed by atoms with Crippen LogP contribution in [-0.4, -0.2) is 31.1 Å². The summed E-state index contributed by atoms with van der Waals surface area (Å²) in [6.45, 7) is 10.2. The lowest BCUT2D eigenvalue weighted by atomic mass is 9.98. The van der Waals surface area contributed by atoms with Crippen LogP contribution in [0.5, 0.6) is 0 Å². The summed E-state index contributed by atoms with van der Waals surface area (Å²) in [5.74, 6) is 0. The molecule has 0 aliphatic carbocycles. The summed E-state index contributed by atoms with van der Waals surface area (Å²) in [6.07, 6.45) is 0.917. The van der Waals surface area contributed by atoms with Gasteiger partial charge in [0, 0.05) is 42.3 Å². The lowest BCUT2D eigenvalue weighted by Crippen LogP contribution is -2.45. The zero-order chi connectivity index (χ0) is 13.8. The molecule has 1 aromatic rings. The van der Waals surface area contributed by atoms with Gasteiger partial charge in [-0.15, -0.1) is 6.58 Å². The number of benzene rings is 1. The van der Waals surface area contributed by atoms with Crippen LogP contribution in [0, 0.1) is 0 Å². The van der Waals surface area contributed by atoms with Crippen LogP contribution in [0.4, 0.5) is 0 Å². The molecule has 0 saturated carbocycles. The molecule has 1 heterocycles. The van der Waals surface area contributed by atoms with Crippen molar-refractivity contribution in [1.82, 2.24) is 10.2 Å². The van der Waals surface area contributed by atoms with E-state index in [2.05, 4.69) is 23.7 Å². The molecule has 1 N–H and O–H groups in total. The van der Waals surface area contributed by atoms with Crippen molar-refractivity contribution in [1.29, 1.82) is 0 Å². The SMILES string of the molecule is C=C(C)C[C@H](c1cc(Cl)ccc1Cl)N1CCNCC1. The Bertz CT molecular complexity index is 453. The Balaban J connectivity index is 2.29. The molecule has 104 valence electrons. The maximum Gasteiger partial charge on any atom is 0.0455 e. The number of hydrogen-bond acceptors (Lipinski definition) is 2. The molecule has 0 bridgehead atoms. The van der Waals surface area contributed by atoms with Gasteiger partial charge in [0.25, 0.3) is 0 Å². The lowest BCUT2D eigenvalue weighted by molar-refractivity contribution is 0.172. The Morgan fingerprint density at radius 2 is 2.05 bits per heavy atom. The maximum atomic E-state index is 6.36. The normalized spacial score (nSPS) is 18.3. The van der Waals surface area contributed by atoms with Crippen LogP contribution >= 0.6 is 23.2 Å². The minimum Gasteiger partial charge on any atom is -0.314 e. The molecule has 0 spiro atoms. The lowest BCUT2D eigenvalue weighted by Gasteiger charge is -2.36. The highest BCUT2D eigenvalue weighted by molar-refractivity contribution is 6.33. The van der Waals surface area contributed by atoms with Crippen molar-refractivity contribution in [2.75, 3.05) is 26.2 Å². The van der Waals surface area contributed by atoms with E-state index in [-0.39, 0.29) is 6.04 Å². The average Bonchev–Trinajstić information content (AvgIpc) is 2.40. The molecule has 0 radical (unpaired) electrons. The van der Waals surface area contributed by atoms with Crippen LogP contribution < -0.4 is 5.32 Å². The molecule has 1 aliphatic rings. The van der Waals surface area contributed by atoms with Crippen molar-refractivity contribution in [2.24, 2.45) is 0 Å². The first-order chi connectivity index (χ1) is 9.08. The minimum absolute atomic E-state index is 0.269. The second kappa shape index (κ2) is 6.76. The summed E-state index contributed by atoms with van der Waals surface area (Å²) in [4.78, 5) is 2.46. The molecule has 2 nitrogen and oxygen atoms in total. The molecule has 19 heavy (non-hydrogen) atoms. The third-order valence-corrected chi connectivity index (χ3v) is 4.03. The quantitative estimate of drug-likeness (QED) is 0.848. The first-order valence-electron chi connectivity index (χ1n) is 6.62. The van der Waals surface area contributed by atoms with Gasteiger partial charge < -0.3 is 5.32 Å². The van der Waals surface area contributed by atoms with Gasteiger partial charge in [-0.2, -0.15) is 0 Å². The summed E-state index contributed by atoms with van der Waals surface area (Å²) < 4.78 is 0. The summed E-state index contributed by atoms with van der Waals surface area (Å²) in [5, 5.41) is 4.90. The fourth-order valence-corrected chi connectivity index (χ4v) is 2.95. The van der Waals surface area contributed by atoms with Gasteiger partial charge in [0.05, 0.1) is 0 Å². The number of rotatable bonds is 4. The van der Waals surface area contributed by atoms with Crippen molar-refractivity contribution >= 4 is 23.2 Å². The van der Waals surface area contributed by atoms with E-state index in [9.17, 15) is 0 Å². The molecule has 1 atom stereocenters. The van der Waals surface area contributed by atoms with Crippen LogP contribution in [0.2, 0.25) is 10.0 Å². The Morgan fingerprint density at radius 3 is 2.68 bits per heavy atom. The highest BCUT2D eigenvalue weighted by Gasteiger charge is 2.24. The van der Waals surface area contributed by atoms with Crippen LogP contribution in [0.25, 0.3) is 0 Å². The Morgan fingerprint density at radius 1 is 1.37 bits per heavy atom. The highest BCUT2D eigenvalue weighted by Crippen LogP contribution is 2.34. The second-order valence-electron chi connectivity index (χ2n) is 5.13. The summed E-state index contributed by atoms with van der Waals surface area (Å²) >= 11 is 12.5. The molecular formula is C15H20Cl2N2. The molecule has 1 saturated heterocycles. The number of piperazine rings is 1. The molecule has 0 unspecified atom stereocenters. The van der Waals surface area contributed by atoms with Crippen LogP contribution in [0.1, 0.15) is 24.9 Å². The maximum absolute atomic E-state index is 6.36. The zero-order valence-electron chi connectivity index (χ0n) is 11.3. The van der Waals surface area contributed by atoms with E-state index >= 15 is 0 Å². The topological polar surface area (TPSA) is 15.3 Å². The molecule has 2 rings (SSSR count). The number of nitrogens with zero attached hydrogens (tertiary/aromatic N) is 1. The predicted molar refractivity (Wildman–Crippen MR) is 83.1 cm³/mol. The molecule has 4 heteroatoms. The summed E-state index contributed by atoms with van der Waals surface area (Å²) in [6, 6.07) is 5.97. The number of halogens is 2. The van der Waals surface area contributed by atoms with E-state index in [4.69, 9.17) is 23.2 Å². The van der Waals surface area contributed by atoms with Gasteiger partial charge in [-0.25, -0.2) is 0 Å². The van der Waals surface area contributed by atoms with Gasteiger partial charge in [0.1, 0.15) is 0 Å². The fourth-order valence-electron chi connectivity index (χ4n) is 2.53. The Hall–Kier alpha value is -0.540. The highest BCUT2D eigenvalue weighted by atomic mass is 35.5. The number of nitrogens with one attached hydrogen (secondary N) is 1. The minimum atomic E-state index is 0.269. The van der Waals surface area contributed by atoms with Gasteiger partial charge in [0.2, 0.25) is 0 Å². The molecule has 0 aromatic heterocycles. The first kappa shape index (κ1) is 14.9. The fraction of sp³-hybridized carbons (Fsp3) is 0.467. The van der Waals surface area contributed by atoms with Gasteiger partial charge in [-0.1, -0.05) is 28.8 Å². The zero-order valence-corrected chi connectivity index (χ0v) is 12.8. The van der Waals surface area contributed by atoms with E-state index in [0.29, 0.717) is 0 Å². The van der Waals surface area contributed by atoms with Gasteiger partial charge in [0.15, 0.2) is 0 Å². The standard InChI is InChI=1S/C15H20Cl2N2/c1-11(2)9-15(19-7-5-18-6-8-19)13-10-12(16)3-4-14(13)17/h3-4,10,15,18H,1,5-9H2,2H3/t15-/m1/s1. The van der Waals surface area contributed by atoms with Gasteiger partial charge in [-0.05, 0) is 37.1 Å². The largest absolute Gasteiger partial charge is 0.314 e. The second-order valence-corrected chi connectivity index (χ2v) is 5.97. The van der Waals surface area contributed by atoms with Gasteiger partial charge in [-0.3, -0.25) is 4.90 Å².